The second kappa shape index (κ2) is 7.72. The lowest BCUT2D eigenvalue weighted by Gasteiger charge is -2.07. The van der Waals surface area contributed by atoms with Gasteiger partial charge in [-0.05, 0) is 62.2 Å². The third-order valence-corrected chi connectivity index (χ3v) is 4.62. The molecule has 0 spiro atoms. The number of hydrogen-bond acceptors (Lipinski definition) is 4. The molecule has 144 valence electrons. The molecule has 2 aromatic heterocycles. The van der Waals surface area contributed by atoms with Gasteiger partial charge in [-0.3, -0.25) is 4.79 Å². The zero-order valence-corrected chi connectivity index (χ0v) is 16.6. The summed E-state index contributed by atoms with van der Waals surface area (Å²) in [6.45, 7) is 5.87. The van der Waals surface area contributed by atoms with Crippen molar-refractivity contribution in [3.63, 3.8) is 0 Å². The van der Waals surface area contributed by atoms with E-state index in [-0.39, 0.29) is 11.5 Å². The van der Waals surface area contributed by atoms with E-state index < -0.39 is 0 Å². The zero-order chi connectivity index (χ0) is 20.4. The first kappa shape index (κ1) is 18.6. The van der Waals surface area contributed by atoms with Crippen LogP contribution in [0.3, 0.4) is 0 Å². The highest BCUT2D eigenvalue weighted by Crippen LogP contribution is 2.20. The van der Waals surface area contributed by atoms with Crippen molar-refractivity contribution >= 4 is 28.4 Å². The average Bonchev–Trinajstić information content (AvgIpc) is 2.70. The van der Waals surface area contributed by atoms with Crippen LogP contribution in [0.2, 0.25) is 0 Å². The van der Waals surface area contributed by atoms with Crippen molar-refractivity contribution in [2.24, 2.45) is 4.99 Å². The van der Waals surface area contributed by atoms with Gasteiger partial charge in [0, 0.05) is 11.1 Å². The van der Waals surface area contributed by atoms with Crippen LogP contribution in [-0.4, -0.2) is 10.9 Å². The van der Waals surface area contributed by atoms with Gasteiger partial charge in [-0.1, -0.05) is 36.4 Å². The fourth-order valence-electron chi connectivity index (χ4n) is 3.06. The molecule has 0 fully saturated rings. The normalized spacial score (nSPS) is 11.6. The van der Waals surface area contributed by atoms with E-state index in [4.69, 9.17) is 4.42 Å². The number of carbonyl (C=O) groups excluding carboxylic acids is 1. The number of fused-ring (bicyclic) bond motifs is 1. The predicted octanol–water partition coefficient (Wildman–Crippen LogP) is 5.24. The lowest BCUT2D eigenvalue weighted by Crippen LogP contribution is -2.22. The van der Waals surface area contributed by atoms with E-state index in [1.54, 1.807) is 12.1 Å². The van der Waals surface area contributed by atoms with E-state index in [0.29, 0.717) is 17.0 Å². The molecule has 29 heavy (non-hydrogen) atoms. The highest BCUT2D eigenvalue weighted by molar-refractivity contribution is 6.04. The smallest absolute Gasteiger partial charge is 0.262 e. The molecule has 0 bridgehead atoms. The topological polar surface area (TPSA) is 67.5 Å². The number of carbonyl (C=O) groups is 1. The maximum Gasteiger partial charge on any atom is 0.262 e. The van der Waals surface area contributed by atoms with Gasteiger partial charge in [0.2, 0.25) is 5.55 Å². The highest BCUT2D eigenvalue weighted by Gasteiger charge is 2.14. The van der Waals surface area contributed by atoms with E-state index in [9.17, 15) is 4.79 Å². The average molecular weight is 383 g/mol. The number of nitrogens with zero attached hydrogens (tertiary/aromatic N) is 2. The van der Waals surface area contributed by atoms with Gasteiger partial charge in [-0.25, -0.2) is 9.98 Å². The van der Waals surface area contributed by atoms with Gasteiger partial charge < -0.3 is 9.73 Å². The zero-order valence-electron chi connectivity index (χ0n) is 16.6. The van der Waals surface area contributed by atoms with Gasteiger partial charge in [0.1, 0.15) is 17.0 Å². The van der Waals surface area contributed by atoms with E-state index >= 15 is 0 Å². The van der Waals surface area contributed by atoms with Crippen molar-refractivity contribution in [2.45, 2.75) is 20.8 Å². The Morgan fingerprint density at radius 2 is 1.79 bits per heavy atom. The number of pyridine rings is 1. The molecule has 4 aromatic rings. The molecule has 0 radical (unpaired) electrons. The lowest BCUT2D eigenvalue weighted by molar-refractivity contribution is 0.102. The number of amides is 1. The molecule has 2 heterocycles. The van der Waals surface area contributed by atoms with Crippen LogP contribution in [0, 0.1) is 20.8 Å². The number of anilines is 1. The van der Waals surface area contributed by atoms with Gasteiger partial charge in [-0.15, -0.1) is 0 Å². The number of rotatable bonds is 3. The Morgan fingerprint density at radius 1 is 0.966 bits per heavy atom. The number of hydrogen-bond donors (Lipinski definition) is 1. The molecular weight excluding hydrogens is 362 g/mol. The van der Waals surface area contributed by atoms with Crippen LogP contribution in [-0.2, 0) is 0 Å². The summed E-state index contributed by atoms with van der Waals surface area (Å²) < 4.78 is 6.03. The molecule has 0 atom stereocenters. The second-order valence-electron chi connectivity index (χ2n) is 7.02. The van der Waals surface area contributed by atoms with E-state index in [2.05, 4.69) is 15.3 Å². The Labute approximate surface area is 168 Å². The van der Waals surface area contributed by atoms with E-state index in [0.717, 1.165) is 27.9 Å². The first-order valence-electron chi connectivity index (χ1n) is 9.39. The Hall–Kier alpha value is -3.73. The minimum atomic E-state index is -0.318. The fourth-order valence-corrected chi connectivity index (χ4v) is 3.06. The second-order valence-corrected chi connectivity index (χ2v) is 7.02. The van der Waals surface area contributed by atoms with Gasteiger partial charge >= 0.3 is 0 Å². The number of aromatic nitrogens is 1. The SMILES string of the molecule is Cc1ccc(C)c(N=c2oc3ccccc3cc2C(=O)Nc2cccc(C)n2)c1. The quantitative estimate of drug-likeness (QED) is 0.526. The van der Waals surface area contributed by atoms with Gasteiger partial charge in [-0.2, -0.15) is 0 Å². The number of aryl methyl sites for hydroxylation is 3. The first-order chi connectivity index (χ1) is 14.0. The molecule has 0 aliphatic carbocycles. The standard InChI is InChI=1S/C24H21N3O2/c1-15-11-12-16(2)20(13-15)26-24-19(14-18-8-4-5-9-21(18)29-24)23(28)27-22-10-6-7-17(3)25-22/h4-14H,1-3H3,(H,25,27,28). The Kier molecular flexibility index (Phi) is 4.96. The predicted molar refractivity (Wildman–Crippen MR) is 114 cm³/mol. The van der Waals surface area contributed by atoms with E-state index in [1.165, 1.54) is 0 Å². The summed E-state index contributed by atoms with van der Waals surface area (Å²) in [5.41, 5.74) is 4.98. The van der Waals surface area contributed by atoms with Crippen LogP contribution in [0.1, 0.15) is 27.2 Å². The van der Waals surface area contributed by atoms with Crippen LogP contribution in [0.15, 0.2) is 76.1 Å². The molecule has 0 saturated carbocycles. The number of benzene rings is 2. The summed E-state index contributed by atoms with van der Waals surface area (Å²) in [5, 5.41) is 3.67. The van der Waals surface area contributed by atoms with Gasteiger partial charge in [0.25, 0.3) is 5.91 Å². The van der Waals surface area contributed by atoms with Gasteiger partial charge in [0.15, 0.2) is 0 Å². The minimum Gasteiger partial charge on any atom is -0.438 e. The monoisotopic (exact) mass is 383 g/mol. The molecule has 1 amide bonds. The van der Waals surface area contributed by atoms with Crippen molar-refractivity contribution in [3.05, 3.63) is 94.7 Å². The summed E-state index contributed by atoms with van der Waals surface area (Å²) in [6, 6.07) is 20.9. The van der Waals surface area contributed by atoms with Crippen molar-refractivity contribution < 1.29 is 9.21 Å². The summed E-state index contributed by atoms with van der Waals surface area (Å²) in [4.78, 5) is 22.1. The minimum absolute atomic E-state index is 0.266. The Bertz CT molecular complexity index is 1290. The highest BCUT2D eigenvalue weighted by atomic mass is 16.3. The summed E-state index contributed by atoms with van der Waals surface area (Å²) in [5.74, 6) is 0.169. The van der Waals surface area contributed by atoms with Crippen LogP contribution in [0.4, 0.5) is 11.5 Å². The van der Waals surface area contributed by atoms with Crippen molar-refractivity contribution in [1.29, 1.82) is 0 Å². The molecule has 0 aliphatic rings. The largest absolute Gasteiger partial charge is 0.438 e. The maximum atomic E-state index is 13.1. The molecule has 2 aromatic carbocycles. The van der Waals surface area contributed by atoms with Crippen LogP contribution in [0.25, 0.3) is 11.0 Å². The van der Waals surface area contributed by atoms with Crippen molar-refractivity contribution in [3.8, 4) is 0 Å². The van der Waals surface area contributed by atoms with Crippen molar-refractivity contribution in [1.82, 2.24) is 4.98 Å². The Morgan fingerprint density at radius 3 is 2.62 bits per heavy atom. The summed E-state index contributed by atoms with van der Waals surface area (Å²) in [6.07, 6.45) is 0. The Balaban J connectivity index is 1.87. The summed E-state index contributed by atoms with van der Waals surface area (Å²) in [7, 11) is 0. The fraction of sp³-hybridized carbons (Fsp3) is 0.125. The molecule has 0 saturated heterocycles. The summed E-state index contributed by atoms with van der Waals surface area (Å²) >= 11 is 0. The van der Waals surface area contributed by atoms with Crippen molar-refractivity contribution in [2.75, 3.05) is 5.32 Å². The number of nitrogens with one attached hydrogen (secondary N) is 1. The number of para-hydroxylation sites is 1. The first-order valence-corrected chi connectivity index (χ1v) is 9.39. The molecule has 0 unspecified atom stereocenters. The molecule has 4 rings (SSSR count). The maximum absolute atomic E-state index is 13.1. The molecular formula is C24H21N3O2. The van der Waals surface area contributed by atoms with Gasteiger partial charge in [0.05, 0.1) is 5.69 Å². The van der Waals surface area contributed by atoms with Crippen LogP contribution < -0.4 is 10.9 Å². The molecule has 1 N–H and O–H groups in total. The third-order valence-electron chi connectivity index (χ3n) is 4.62. The third kappa shape index (κ3) is 4.09. The molecule has 5 heteroatoms. The molecule has 0 aliphatic heterocycles. The van der Waals surface area contributed by atoms with E-state index in [1.807, 2.05) is 75.4 Å². The molecule has 5 nitrogen and oxygen atoms in total. The van der Waals surface area contributed by atoms with Crippen LogP contribution >= 0.6 is 0 Å². The lowest BCUT2D eigenvalue weighted by atomic mass is 10.1. The van der Waals surface area contributed by atoms with Crippen LogP contribution in [0.5, 0.6) is 0 Å².